The van der Waals surface area contributed by atoms with Gasteiger partial charge in [0, 0.05) is 90.1 Å². The molecular formula is C65H76N9O11S2+. The number of unbranched alkanes of at least 4 members (excludes halogenated alkanes) is 3. The molecule has 20 nitrogen and oxygen atoms in total. The molecule has 0 atom stereocenters. The fraction of sp³-hybridized carbons (Fsp3) is 0.369. The SMILES string of the molecule is CCCCC[N+]1=C(/C=C/C2=C(Oc3ccc(CCC(=O)CCCNC(=O)c4ccc(NCc5cnc6nc(N)[nH]c(=O)c6n5)cc4)cc3)C(=C/C=C3/N(CCCCS(=O)(=O)O)c4ccc(C)cc4C3(C)C)/CCO2)C(C)(C)c2ccccc21.O=S(=O)=O. The number of fused-ring (bicyclic) bond motifs is 3. The average molecular weight is 1220 g/mol. The molecule has 0 unspecified atom stereocenters. The number of aryl methyl sites for hydroxylation is 2. The third-order valence-electron chi connectivity index (χ3n) is 15.7. The lowest BCUT2D eigenvalue weighted by Crippen LogP contribution is -2.28. The van der Waals surface area contributed by atoms with E-state index < -0.39 is 26.3 Å². The summed E-state index contributed by atoms with van der Waals surface area (Å²) < 4.78 is 74.0. The highest BCUT2D eigenvalue weighted by molar-refractivity contribution is 7.85. The Bertz CT molecular complexity index is 3980. The monoisotopic (exact) mass is 1220 g/mol. The van der Waals surface area contributed by atoms with Crippen LogP contribution in [0.2, 0.25) is 0 Å². The van der Waals surface area contributed by atoms with Gasteiger partial charge in [-0.3, -0.25) is 23.9 Å². The lowest BCUT2D eigenvalue weighted by atomic mass is 9.81. The molecular weight excluding hydrogens is 1150 g/mol. The number of aromatic amines is 1. The van der Waals surface area contributed by atoms with Crippen molar-refractivity contribution >= 4 is 72.3 Å². The zero-order valence-electron chi connectivity index (χ0n) is 50.0. The molecule has 6 aromatic rings. The molecule has 1 amide bonds. The van der Waals surface area contributed by atoms with Crippen LogP contribution in [0.3, 0.4) is 0 Å². The Kier molecular flexibility index (Phi) is 21.3. The van der Waals surface area contributed by atoms with Crippen LogP contribution in [0.1, 0.15) is 131 Å². The molecule has 87 heavy (non-hydrogen) atoms. The van der Waals surface area contributed by atoms with Gasteiger partial charge in [0.2, 0.25) is 11.6 Å². The molecule has 3 aliphatic rings. The number of hydrogen-bond acceptors (Lipinski definition) is 16. The summed E-state index contributed by atoms with van der Waals surface area (Å²) in [6.07, 6.45) is 16.7. The highest BCUT2D eigenvalue weighted by Gasteiger charge is 2.44. The van der Waals surface area contributed by atoms with Crippen molar-refractivity contribution < 1.29 is 49.2 Å². The molecule has 0 bridgehead atoms. The number of hydrogen-bond donors (Lipinski definition) is 5. The second-order valence-electron chi connectivity index (χ2n) is 22.8. The van der Waals surface area contributed by atoms with E-state index in [1.54, 1.807) is 24.3 Å². The number of ketones is 1. The van der Waals surface area contributed by atoms with E-state index in [-0.39, 0.29) is 51.9 Å². The van der Waals surface area contributed by atoms with Crippen LogP contribution in [-0.4, -0.2) is 99.5 Å². The van der Waals surface area contributed by atoms with E-state index in [1.807, 2.05) is 24.3 Å². The number of carbonyl (C=O) groups is 2. The van der Waals surface area contributed by atoms with Crippen LogP contribution >= 0.6 is 0 Å². The number of amides is 1. The van der Waals surface area contributed by atoms with Crippen LogP contribution in [0.15, 0.2) is 149 Å². The van der Waals surface area contributed by atoms with Crippen LogP contribution in [0, 0.1) is 6.92 Å². The number of para-hydroxylation sites is 1. The number of nitrogen functional groups attached to an aromatic ring is 1. The summed E-state index contributed by atoms with van der Waals surface area (Å²) in [5.41, 5.74) is 16.7. The molecule has 2 aromatic heterocycles. The second-order valence-corrected chi connectivity index (χ2v) is 24.8. The quantitative estimate of drug-likeness (QED) is 0.0202. The van der Waals surface area contributed by atoms with E-state index in [0.29, 0.717) is 93.2 Å². The predicted octanol–water partition coefficient (Wildman–Crippen LogP) is 10.0. The van der Waals surface area contributed by atoms with Crippen molar-refractivity contribution in [1.29, 1.82) is 0 Å². The van der Waals surface area contributed by atoms with E-state index in [9.17, 15) is 27.4 Å². The Morgan fingerprint density at radius 2 is 1.64 bits per heavy atom. The Hall–Kier alpha value is -8.60. The molecule has 0 radical (unpaired) electrons. The number of H-pyrrole nitrogens is 1. The van der Waals surface area contributed by atoms with Gasteiger partial charge >= 0.3 is 10.6 Å². The fourth-order valence-electron chi connectivity index (χ4n) is 11.2. The van der Waals surface area contributed by atoms with Gasteiger partial charge < -0.3 is 30.7 Å². The van der Waals surface area contributed by atoms with E-state index in [0.717, 1.165) is 59.6 Å². The highest BCUT2D eigenvalue weighted by Crippen LogP contribution is 2.48. The average Bonchev–Trinajstić information content (AvgIpc) is 2.13. The smallest absolute Gasteiger partial charge is 0.425 e. The van der Waals surface area contributed by atoms with Gasteiger partial charge in [0.15, 0.2) is 28.4 Å². The summed E-state index contributed by atoms with van der Waals surface area (Å²) in [7, 11) is -7.19. The first-order valence-electron chi connectivity index (χ1n) is 29.3. The number of nitrogens with one attached hydrogen (secondary N) is 3. The second kappa shape index (κ2) is 28.7. The normalized spacial score (nSPS) is 16.0. The first-order chi connectivity index (χ1) is 41.5. The van der Waals surface area contributed by atoms with Gasteiger partial charge in [0.1, 0.15) is 18.1 Å². The van der Waals surface area contributed by atoms with Crippen molar-refractivity contribution in [2.75, 3.05) is 47.9 Å². The molecule has 0 spiro atoms. The highest BCUT2D eigenvalue weighted by atomic mass is 32.2. The number of Topliss-reactive ketones (excluding diaryl/α,β-unsaturated/α-hetero) is 1. The first-order valence-corrected chi connectivity index (χ1v) is 31.9. The Morgan fingerprint density at radius 1 is 0.897 bits per heavy atom. The lowest BCUT2D eigenvalue weighted by molar-refractivity contribution is -0.438. The van der Waals surface area contributed by atoms with Crippen LogP contribution in [0.4, 0.5) is 23.0 Å². The van der Waals surface area contributed by atoms with Gasteiger partial charge in [0.25, 0.3) is 21.6 Å². The topological polar surface area (TPSA) is 286 Å². The van der Waals surface area contributed by atoms with E-state index >= 15 is 0 Å². The summed E-state index contributed by atoms with van der Waals surface area (Å²) in [6, 6.07) is 30.0. The number of nitrogens with zero attached hydrogens (tertiary/aromatic N) is 5. The summed E-state index contributed by atoms with van der Waals surface area (Å²) >= 11 is 0. The van der Waals surface area contributed by atoms with Crippen molar-refractivity contribution in [3.8, 4) is 5.75 Å². The van der Waals surface area contributed by atoms with Crippen LogP contribution < -0.4 is 31.6 Å². The molecule has 458 valence electrons. The minimum Gasteiger partial charge on any atom is -0.489 e. The van der Waals surface area contributed by atoms with Crippen molar-refractivity contribution in [2.45, 2.75) is 123 Å². The number of allylic oxidation sites excluding steroid dienone is 6. The molecule has 3 aliphatic heterocycles. The molecule has 0 fully saturated rings. The van der Waals surface area contributed by atoms with Crippen LogP contribution in [-0.2, 0) is 54.1 Å². The number of aromatic nitrogens is 4. The molecule has 22 heteroatoms. The zero-order valence-corrected chi connectivity index (χ0v) is 51.7. The summed E-state index contributed by atoms with van der Waals surface area (Å²) in [6.45, 7) is 15.9. The van der Waals surface area contributed by atoms with E-state index in [2.05, 4.69) is 148 Å². The Balaban J connectivity index is 0.00000238. The maximum atomic E-state index is 13.1. The van der Waals surface area contributed by atoms with Gasteiger partial charge in [-0.05, 0) is 119 Å². The van der Waals surface area contributed by atoms with Gasteiger partial charge in [-0.25, -0.2) is 9.97 Å². The Morgan fingerprint density at radius 3 is 2.38 bits per heavy atom. The predicted molar refractivity (Wildman–Crippen MR) is 337 cm³/mol. The van der Waals surface area contributed by atoms with E-state index in [1.165, 1.54) is 28.7 Å². The minimum atomic E-state index is -4.07. The number of benzene rings is 4. The zero-order chi connectivity index (χ0) is 62.5. The third kappa shape index (κ3) is 16.7. The molecule has 0 aliphatic carbocycles. The maximum absolute atomic E-state index is 13.1. The van der Waals surface area contributed by atoms with Gasteiger partial charge in [-0.2, -0.15) is 18.0 Å². The standard InChI is InChI=1S/C65H75N9O8S.O3S/c1-7-8-11-36-73-53-17-10-9-16-51(53)64(3,4)57(73)33-31-55-59(45(34-38-81-55)24-32-56-65(5,6)52-40-43(2)18-30-54(52)74(56)37-12-13-39-83(78,79)80)82-50-28-20-44(21-29-50)19-27-49(75)15-14-35-67-61(76)46-22-25-47(26-23-46)68-41-48-42-69-60-58(70-48)62(77)72-63(66)71-60;1-4(2)3/h9-10,16-18,20-26,28-33,40,42H,7-8,11-15,19,27,34-39,41H2,1-6H3,(H5-,66,67,68,69,71,72,76,77,78,79,80);/p+1. The number of ether oxygens (including phenoxy) is 2. The van der Waals surface area contributed by atoms with Gasteiger partial charge in [-0.1, -0.05) is 81.3 Å². The summed E-state index contributed by atoms with van der Waals surface area (Å²) in [5, 5.41) is 6.14. The molecule has 6 N–H and O–H groups in total. The first kappa shape index (κ1) is 64.4. The van der Waals surface area contributed by atoms with Crippen molar-refractivity contribution in [2.24, 2.45) is 0 Å². The number of carbonyl (C=O) groups excluding carboxylic acids is 2. The van der Waals surface area contributed by atoms with Crippen molar-refractivity contribution in [3.05, 3.63) is 188 Å². The lowest BCUT2D eigenvalue weighted by Gasteiger charge is -2.27. The van der Waals surface area contributed by atoms with Crippen molar-refractivity contribution in [1.82, 2.24) is 25.3 Å². The maximum Gasteiger partial charge on any atom is 0.425 e. The fourth-order valence-corrected chi connectivity index (χ4v) is 11.7. The summed E-state index contributed by atoms with van der Waals surface area (Å²) in [4.78, 5) is 55.5. The molecule has 9 rings (SSSR count). The van der Waals surface area contributed by atoms with E-state index in [4.69, 9.17) is 27.8 Å². The molecule has 0 saturated carbocycles. The number of rotatable bonds is 25. The van der Waals surface area contributed by atoms with Crippen molar-refractivity contribution in [3.63, 3.8) is 0 Å². The largest absolute Gasteiger partial charge is 0.489 e. The van der Waals surface area contributed by atoms with Gasteiger partial charge in [0.05, 0.1) is 36.2 Å². The number of nitrogens with two attached hydrogens (primary N) is 1. The molecule has 4 aromatic carbocycles. The summed E-state index contributed by atoms with van der Waals surface area (Å²) in [5.74, 6) is 1.41. The van der Waals surface area contributed by atoms with Crippen LogP contribution in [0.5, 0.6) is 5.75 Å². The molecule has 0 saturated heterocycles. The number of anilines is 3. The van der Waals surface area contributed by atoms with Crippen LogP contribution in [0.25, 0.3) is 11.2 Å². The molecule has 5 heterocycles. The third-order valence-corrected chi connectivity index (χ3v) is 16.5. The minimum absolute atomic E-state index is 0.0289. The van der Waals surface area contributed by atoms with Gasteiger partial charge in [-0.15, -0.1) is 12.6 Å². The Labute approximate surface area is 509 Å².